The summed E-state index contributed by atoms with van der Waals surface area (Å²) in [6, 6.07) is 7.86. The Labute approximate surface area is 114 Å². The molecular weight excluding hydrogens is 242 g/mol. The summed E-state index contributed by atoms with van der Waals surface area (Å²) in [5, 5.41) is 2.87. The molecule has 5 heteroatoms. The van der Waals surface area contributed by atoms with Crippen LogP contribution < -0.4 is 10.2 Å². The summed E-state index contributed by atoms with van der Waals surface area (Å²) < 4.78 is 5.33. The summed E-state index contributed by atoms with van der Waals surface area (Å²) in [6.07, 6.45) is 0. The molecule has 1 heterocycles. The smallest absolute Gasteiger partial charge is 0.321 e. The predicted molar refractivity (Wildman–Crippen MR) is 76.8 cm³/mol. The van der Waals surface area contributed by atoms with Gasteiger partial charge in [-0.2, -0.15) is 0 Å². The van der Waals surface area contributed by atoms with Gasteiger partial charge >= 0.3 is 6.03 Å². The second kappa shape index (κ2) is 6.43. The first-order chi connectivity index (χ1) is 9.20. The minimum Gasteiger partial charge on any atom is -0.378 e. The number of urea groups is 1. The molecule has 0 radical (unpaired) electrons. The Kier molecular flexibility index (Phi) is 4.63. The van der Waals surface area contributed by atoms with E-state index in [1.807, 2.05) is 31.2 Å². The van der Waals surface area contributed by atoms with Crippen molar-refractivity contribution >= 4 is 17.4 Å². The van der Waals surface area contributed by atoms with Crippen molar-refractivity contribution in [3.8, 4) is 0 Å². The Morgan fingerprint density at radius 3 is 2.53 bits per heavy atom. The van der Waals surface area contributed by atoms with E-state index in [1.54, 1.807) is 11.9 Å². The van der Waals surface area contributed by atoms with Gasteiger partial charge < -0.3 is 19.9 Å². The summed E-state index contributed by atoms with van der Waals surface area (Å²) in [6.45, 7) is 6.03. The van der Waals surface area contributed by atoms with Crippen molar-refractivity contribution in [1.82, 2.24) is 4.90 Å². The second-order valence-electron chi connectivity index (χ2n) is 4.59. The molecule has 1 aliphatic rings. The summed E-state index contributed by atoms with van der Waals surface area (Å²) in [4.78, 5) is 15.6. The number of nitrogens with zero attached hydrogens (tertiary/aromatic N) is 2. The van der Waals surface area contributed by atoms with Crippen molar-refractivity contribution in [2.45, 2.75) is 6.92 Å². The lowest BCUT2D eigenvalue weighted by atomic mass is 10.2. The van der Waals surface area contributed by atoms with Gasteiger partial charge in [0.15, 0.2) is 0 Å². The van der Waals surface area contributed by atoms with Crippen LogP contribution in [0, 0.1) is 0 Å². The van der Waals surface area contributed by atoms with Crippen LogP contribution in [0.1, 0.15) is 6.92 Å². The average Bonchev–Trinajstić information content (AvgIpc) is 2.48. The fourth-order valence-corrected chi connectivity index (χ4v) is 1.94. The SMILES string of the molecule is CCN(C)C(=O)Nc1ccc(N2CCOCC2)cc1. The van der Waals surface area contributed by atoms with E-state index in [4.69, 9.17) is 4.74 Å². The minimum absolute atomic E-state index is 0.0818. The number of anilines is 2. The van der Waals surface area contributed by atoms with Crippen LogP contribution in [0.3, 0.4) is 0 Å². The minimum atomic E-state index is -0.0818. The molecule has 0 bridgehead atoms. The predicted octanol–water partition coefficient (Wildman–Crippen LogP) is 2.01. The Morgan fingerprint density at radius 2 is 1.95 bits per heavy atom. The highest BCUT2D eigenvalue weighted by Crippen LogP contribution is 2.19. The molecule has 1 fully saturated rings. The number of morpholine rings is 1. The van der Waals surface area contributed by atoms with Crippen molar-refractivity contribution < 1.29 is 9.53 Å². The highest BCUT2D eigenvalue weighted by molar-refractivity contribution is 5.89. The molecule has 1 aliphatic heterocycles. The highest BCUT2D eigenvalue weighted by Gasteiger charge is 2.11. The van der Waals surface area contributed by atoms with Gasteiger partial charge in [-0.05, 0) is 31.2 Å². The van der Waals surface area contributed by atoms with Gasteiger partial charge in [0.25, 0.3) is 0 Å². The number of hydrogen-bond donors (Lipinski definition) is 1. The first-order valence-corrected chi connectivity index (χ1v) is 6.65. The van der Waals surface area contributed by atoms with Crippen LogP contribution in [0.15, 0.2) is 24.3 Å². The molecule has 0 unspecified atom stereocenters. The number of ether oxygens (including phenoxy) is 1. The van der Waals surface area contributed by atoms with Crippen molar-refractivity contribution in [2.24, 2.45) is 0 Å². The Bertz CT molecular complexity index is 413. The van der Waals surface area contributed by atoms with E-state index in [1.165, 1.54) is 5.69 Å². The molecule has 0 saturated carbocycles. The molecule has 2 amide bonds. The quantitative estimate of drug-likeness (QED) is 0.907. The third-order valence-corrected chi connectivity index (χ3v) is 3.32. The topological polar surface area (TPSA) is 44.8 Å². The van der Waals surface area contributed by atoms with Crippen LogP contribution in [0.2, 0.25) is 0 Å². The van der Waals surface area contributed by atoms with Gasteiger partial charge in [0.2, 0.25) is 0 Å². The lowest BCUT2D eigenvalue weighted by Gasteiger charge is -2.29. The van der Waals surface area contributed by atoms with Crippen LogP contribution in [0.25, 0.3) is 0 Å². The third kappa shape index (κ3) is 3.61. The zero-order chi connectivity index (χ0) is 13.7. The van der Waals surface area contributed by atoms with Gasteiger partial charge in [0.1, 0.15) is 0 Å². The molecule has 1 aromatic rings. The maximum absolute atomic E-state index is 11.7. The number of carbonyl (C=O) groups excluding carboxylic acids is 1. The van der Waals surface area contributed by atoms with Gasteiger partial charge in [-0.15, -0.1) is 0 Å². The number of benzene rings is 1. The molecule has 1 saturated heterocycles. The summed E-state index contributed by atoms with van der Waals surface area (Å²) in [5.41, 5.74) is 1.99. The van der Waals surface area contributed by atoms with Gasteiger partial charge in [0, 0.05) is 38.1 Å². The number of hydrogen-bond acceptors (Lipinski definition) is 3. The third-order valence-electron chi connectivity index (χ3n) is 3.32. The molecule has 0 atom stereocenters. The number of amides is 2. The molecule has 1 N–H and O–H groups in total. The van der Waals surface area contributed by atoms with Crippen LogP contribution in [-0.4, -0.2) is 50.8 Å². The molecular formula is C14H21N3O2. The second-order valence-corrected chi connectivity index (χ2v) is 4.59. The monoisotopic (exact) mass is 263 g/mol. The first kappa shape index (κ1) is 13.7. The average molecular weight is 263 g/mol. The zero-order valence-corrected chi connectivity index (χ0v) is 11.6. The zero-order valence-electron chi connectivity index (χ0n) is 11.6. The maximum atomic E-state index is 11.7. The van der Waals surface area contributed by atoms with Crippen LogP contribution >= 0.6 is 0 Å². The van der Waals surface area contributed by atoms with Gasteiger partial charge in [-0.25, -0.2) is 4.79 Å². The molecule has 0 aliphatic carbocycles. The molecule has 19 heavy (non-hydrogen) atoms. The van der Waals surface area contributed by atoms with E-state index < -0.39 is 0 Å². The van der Waals surface area contributed by atoms with Crippen molar-refractivity contribution in [3.63, 3.8) is 0 Å². The van der Waals surface area contributed by atoms with Crippen molar-refractivity contribution in [2.75, 3.05) is 50.1 Å². The number of carbonyl (C=O) groups is 1. The molecule has 0 aromatic heterocycles. The first-order valence-electron chi connectivity index (χ1n) is 6.65. The van der Waals surface area contributed by atoms with E-state index >= 15 is 0 Å². The number of nitrogens with one attached hydrogen (secondary N) is 1. The molecule has 0 spiro atoms. The summed E-state index contributed by atoms with van der Waals surface area (Å²) >= 11 is 0. The lowest BCUT2D eigenvalue weighted by Crippen LogP contribution is -2.36. The maximum Gasteiger partial charge on any atom is 0.321 e. The van der Waals surface area contributed by atoms with Crippen LogP contribution in [0.4, 0.5) is 16.2 Å². The number of rotatable bonds is 3. The van der Waals surface area contributed by atoms with E-state index in [-0.39, 0.29) is 6.03 Å². The van der Waals surface area contributed by atoms with E-state index in [0.717, 1.165) is 32.0 Å². The van der Waals surface area contributed by atoms with E-state index in [2.05, 4.69) is 10.2 Å². The molecule has 2 rings (SSSR count). The molecule has 1 aromatic carbocycles. The Balaban J connectivity index is 1.96. The van der Waals surface area contributed by atoms with Gasteiger partial charge in [0.05, 0.1) is 13.2 Å². The fourth-order valence-electron chi connectivity index (χ4n) is 1.94. The van der Waals surface area contributed by atoms with E-state index in [9.17, 15) is 4.79 Å². The molecule has 104 valence electrons. The highest BCUT2D eigenvalue weighted by atomic mass is 16.5. The molecule has 5 nitrogen and oxygen atoms in total. The summed E-state index contributed by atoms with van der Waals surface area (Å²) in [7, 11) is 1.78. The van der Waals surface area contributed by atoms with E-state index in [0.29, 0.717) is 6.54 Å². The van der Waals surface area contributed by atoms with Gasteiger partial charge in [-0.3, -0.25) is 0 Å². The Hall–Kier alpha value is -1.75. The summed E-state index contributed by atoms with van der Waals surface area (Å²) in [5.74, 6) is 0. The van der Waals surface area contributed by atoms with Gasteiger partial charge in [-0.1, -0.05) is 0 Å². The lowest BCUT2D eigenvalue weighted by molar-refractivity contribution is 0.122. The van der Waals surface area contributed by atoms with Crippen LogP contribution in [-0.2, 0) is 4.74 Å². The largest absolute Gasteiger partial charge is 0.378 e. The standard InChI is InChI=1S/C14H21N3O2/c1-3-16(2)14(18)15-12-4-6-13(7-5-12)17-8-10-19-11-9-17/h4-7H,3,8-11H2,1-2H3,(H,15,18). The van der Waals surface area contributed by atoms with Crippen molar-refractivity contribution in [1.29, 1.82) is 0 Å². The Morgan fingerprint density at radius 1 is 1.32 bits per heavy atom. The fraction of sp³-hybridized carbons (Fsp3) is 0.500. The normalized spacial score (nSPS) is 15.2. The van der Waals surface area contributed by atoms with Crippen LogP contribution in [0.5, 0.6) is 0 Å². The van der Waals surface area contributed by atoms with Crippen molar-refractivity contribution in [3.05, 3.63) is 24.3 Å².